The lowest BCUT2D eigenvalue weighted by molar-refractivity contribution is -0.139. The third kappa shape index (κ3) is 3.09. The Hall–Kier alpha value is -0.770. The quantitative estimate of drug-likeness (QED) is 0.862. The number of rotatable bonds is 4. The van der Waals surface area contributed by atoms with Crippen molar-refractivity contribution >= 4 is 29.2 Å². The van der Waals surface area contributed by atoms with Crippen LogP contribution in [0.4, 0.5) is 0 Å². The minimum Gasteiger partial charge on any atom is -0.481 e. The van der Waals surface area contributed by atoms with E-state index in [1.807, 2.05) is 0 Å². The number of hydrogen-bond acceptors (Lipinski definition) is 2. The average molecular weight is 249 g/mol. The summed E-state index contributed by atoms with van der Waals surface area (Å²) in [4.78, 5) is 10.9. The molecule has 1 atom stereocenters. The van der Waals surface area contributed by atoms with Gasteiger partial charge in [-0.25, -0.2) is 0 Å². The fraction of sp³-hybridized carbons (Fsp3) is 0.300. The fourth-order valence-electron chi connectivity index (χ4n) is 1.33. The Balaban J connectivity index is 3.05. The van der Waals surface area contributed by atoms with Crippen LogP contribution < -0.4 is 0 Å². The van der Waals surface area contributed by atoms with Gasteiger partial charge in [-0.05, 0) is 24.1 Å². The van der Waals surface area contributed by atoms with Gasteiger partial charge in [0.25, 0.3) is 0 Å². The maximum atomic E-state index is 10.9. The molecule has 0 aromatic heterocycles. The minimum atomic E-state index is -1.01. The number of aliphatic hydroxyl groups excluding tert-OH is 1. The van der Waals surface area contributed by atoms with Crippen molar-refractivity contribution in [1.29, 1.82) is 0 Å². The molecule has 0 aliphatic carbocycles. The van der Waals surface area contributed by atoms with Crippen LogP contribution in [0, 0.1) is 0 Å². The molecule has 0 saturated heterocycles. The highest BCUT2D eigenvalue weighted by Gasteiger charge is 2.21. The molecule has 0 bridgehead atoms. The molecule has 0 aliphatic heterocycles. The molecule has 3 nitrogen and oxygen atoms in total. The summed E-state index contributed by atoms with van der Waals surface area (Å²) in [5, 5.41) is 18.5. The molecular weight excluding hydrogens is 239 g/mol. The predicted molar refractivity (Wildman–Crippen MR) is 58.5 cm³/mol. The van der Waals surface area contributed by atoms with Crippen molar-refractivity contribution in [3.63, 3.8) is 0 Å². The molecule has 1 rings (SSSR count). The topological polar surface area (TPSA) is 57.5 Å². The summed E-state index contributed by atoms with van der Waals surface area (Å²) in [6.07, 6.45) is 0.136. The highest BCUT2D eigenvalue weighted by molar-refractivity contribution is 6.35. The second-order valence-corrected chi connectivity index (χ2v) is 3.91. The molecule has 15 heavy (non-hydrogen) atoms. The van der Waals surface area contributed by atoms with E-state index in [1.165, 1.54) is 6.07 Å². The van der Waals surface area contributed by atoms with Crippen molar-refractivity contribution in [1.82, 2.24) is 0 Å². The zero-order valence-corrected chi connectivity index (χ0v) is 9.29. The monoisotopic (exact) mass is 248 g/mol. The zero-order chi connectivity index (χ0) is 11.4. The van der Waals surface area contributed by atoms with Crippen LogP contribution in [0.5, 0.6) is 0 Å². The summed E-state index contributed by atoms with van der Waals surface area (Å²) < 4.78 is 0. The number of benzene rings is 1. The van der Waals surface area contributed by atoms with Crippen molar-refractivity contribution in [2.75, 3.05) is 6.61 Å². The van der Waals surface area contributed by atoms with Crippen molar-refractivity contribution in [2.24, 2.45) is 0 Å². The molecule has 0 amide bonds. The van der Waals surface area contributed by atoms with Crippen LogP contribution in [0.15, 0.2) is 18.2 Å². The predicted octanol–water partition coefficient (Wildman–Crippen LogP) is 2.54. The van der Waals surface area contributed by atoms with E-state index in [2.05, 4.69) is 0 Å². The van der Waals surface area contributed by atoms with Crippen molar-refractivity contribution < 1.29 is 15.0 Å². The minimum absolute atomic E-state index is 0.136. The molecule has 1 unspecified atom stereocenters. The summed E-state index contributed by atoms with van der Waals surface area (Å²) in [6.45, 7) is -0.198. The van der Waals surface area contributed by atoms with Crippen LogP contribution in [0.1, 0.15) is 17.9 Å². The second kappa shape index (κ2) is 5.35. The lowest BCUT2D eigenvalue weighted by atomic mass is 9.96. The van der Waals surface area contributed by atoms with Crippen LogP contribution in [0.25, 0.3) is 0 Å². The zero-order valence-electron chi connectivity index (χ0n) is 7.78. The Bertz CT molecular complexity index is 366. The van der Waals surface area contributed by atoms with Gasteiger partial charge in [-0.15, -0.1) is 0 Å². The molecule has 0 fully saturated rings. The van der Waals surface area contributed by atoms with E-state index in [9.17, 15) is 4.79 Å². The number of aliphatic carboxylic acids is 1. The van der Waals surface area contributed by atoms with E-state index in [1.54, 1.807) is 12.1 Å². The first-order chi connectivity index (χ1) is 7.06. The van der Waals surface area contributed by atoms with Gasteiger partial charge < -0.3 is 10.2 Å². The summed E-state index contributed by atoms with van der Waals surface area (Å²) in [7, 11) is 0. The first-order valence-corrected chi connectivity index (χ1v) is 5.10. The van der Waals surface area contributed by atoms with E-state index in [4.69, 9.17) is 33.4 Å². The largest absolute Gasteiger partial charge is 0.481 e. The fourth-order valence-corrected chi connectivity index (χ4v) is 1.87. The highest BCUT2D eigenvalue weighted by atomic mass is 35.5. The van der Waals surface area contributed by atoms with Crippen molar-refractivity contribution in [3.05, 3.63) is 33.8 Å². The average Bonchev–Trinajstić information content (AvgIpc) is 2.15. The molecule has 0 saturated carbocycles. The van der Waals surface area contributed by atoms with Crippen LogP contribution in [-0.4, -0.2) is 22.8 Å². The molecule has 0 aliphatic rings. The standard InChI is InChI=1S/C10H10Cl2O3/c11-6-1-2-7(9(12)5-6)8(3-4-13)10(14)15/h1-2,5,8,13H,3-4H2,(H,14,15). The van der Waals surface area contributed by atoms with Gasteiger partial charge in [-0.1, -0.05) is 29.3 Å². The van der Waals surface area contributed by atoms with Gasteiger partial charge in [0.2, 0.25) is 0 Å². The Labute approximate surface area is 97.2 Å². The van der Waals surface area contributed by atoms with Gasteiger partial charge in [-0.2, -0.15) is 0 Å². The molecule has 2 N–H and O–H groups in total. The van der Waals surface area contributed by atoms with Gasteiger partial charge in [0.15, 0.2) is 0 Å². The maximum Gasteiger partial charge on any atom is 0.311 e. The van der Waals surface area contributed by atoms with Gasteiger partial charge >= 0.3 is 5.97 Å². The molecule has 0 radical (unpaired) electrons. The van der Waals surface area contributed by atoms with E-state index < -0.39 is 11.9 Å². The lowest BCUT2D eigenvalue weighted by Crippen LogP contribution is -2.13. The van der Waals surface area contributed by atoms with Crippen LogP contribution >= 0.6 is 23.2 Å². The number of carbonyl (C=O) groups is 1. The first kappa shape index (κ1) is 12.3. The van der Waals surface area contributed by atoms with E-state index in [0.717, 1.165) is 0 Å². The smallest absolute Gasteiger partial charge is 0.311 e. The number of halogens is 2. The first-order valence-electron chi connectivity index (χ1n) is 4.35. The van der Waals surface area contributed by atoms with E-state index >= 15 is 0 Å². The Kier molecular flexibility index (Phi) is 4.39. The summed E-state index contributed by atoms with van der Waals surface area (Å²) >= 11 is 11.6. The van der Waals surface area contributed by atoms with Crippen molar-refractivity contribution in [2.45, 2.75) is 12.3 Å². The van der Waals surface area contributed by atoms with Crippen LogP contribution in [0.2, 0.25) is 10.0 Å². The molecule has 1 aromatic carbocycles. The molecule has 0 heterocycles. The van der Waals surface area contributed by atoms with Gasteiger partial charge in [-0.3, -0.25) is 4.79 Å². The van der Waals surface area contributed by atoms with Gasteiger partial charge in [0.05, 0.1) is 5.92 Å². The number of aliphatic hydroxyl groups is 1. The molecule has 82 valence electrons. The Morgan fingerprint density at radius 1 is 1.40 bits per heavy atom. The number of carboxylic acid groups (broad SMARTS) is 1. The summed E-state index contributed by atoms with van der Waals surface area (Å²) in [5.74, 6) is -1.80. The third-order valence-corrected chi connectivity index (χ3v) is 2.62. The third-order valence-electron chi connectivity index (χ3n) is 2.05. The molecular formula is C10H10Cl2O3. The highest BCUT2D eigenvalue weighted by Crippen LogP contribution is 2.29. The van der Waals surface area contributed by atoms with E-state index in [0.29, 0.717) is 15.6 Å². The summed E-state index contributed by atoms with van der Waals surface area (Å²) in [5.41, 5.74) is 0.475. The van der Waals surface area contributed by atoms with E-state index in [-0.39, 0.29) is 13.0 Å². The maximum absolute atomic E-state index is 10.9. The Morgan fingerprint density at radius 3 is 2.53 bits per heavy atom. The van der Waals surface area contributed by atoms with Gasteiger partial charge in [0.1, 0.15) is 0 Å². The van der Waals surface area contributed by atoms with Crippen LogP contribution in [0.3, 0.4) is 0 Å². The van der Waals surface area contributed by atoms with Crippen molar-refractivity contribution in [3.8, 4) is 0 Å². The summed E-state index contributed by atoms with van der Waals surface area (Å²) in [6, 6.07) is 4.64. The Morgan fingerprint density at radius 2 is 2.07 bits per heavy atom. The molecule has 1 aromatic rings. The molecule has 5 heteroatoms. The van der Waals surface area contributed by atoms with Crippen LogP contribution in [-0.2, 0) is 4.79 Å². The number of carboxylic acids is 1. The van der Waals surface area contributed by atoms with Gasteiger partial charge in [0, 0.05) is 16.7 Å². The second-order valence-electron chi connectivity index (χ2n) is 3.07. The number of hydrogen-bond donors (Lipinski definition) is 2. The normalized spacial score (nSPS) is 12.5. The lowest BCUT2D eigenvalue weighted by Gasteiger charge is -2.12. The molecule has 0 spiro atoms. The SMILES string of the molecule is O=C(O)C(CCO)c1ccc(Cl)cc1Cl.